The molecule has 522 valence electrons. The number of allylic oxidation sites excluding steroid dienone is 9. The Morgan fingerprint density at radius 1 is 0.315 bits per heavy atom. The third-order valence-electron chi connectivity index (χ3n) is 18.5. The second-order valence-electron chi connectivity index (χ2n) is 27.4. The SMILES string of the molecule is CCCCCC/C=C\C/C=C\CCCCCCCCCC(=O)OCCCCCCCCCCCCC/C=C\C/C=C\CCCCCCCCCCCCCCCCCCCC(=O)NC(CO)C(O)/C=C/CCCCCCCCCCCCCCCCCCC. The number of esters is 1. The number of aliphatic hydroxyl groups is 2. The van der Waals surface area contributed by atoms with E-state index in [0.717, 1.165) is 57.8 Å². The van der Waals surface area contributed by atoms with E-state index in [1.807, 2.05) is 6.08 Å². The number of carbonyl (C=O) groups excluding carboxylic acids is 2. The number of carbonyl (C=O) groups is 2. The Bertz CT molecular complexity index is 1530. The van der Waals surface area contributed by atoms with Gasteiger partial charge in [-0.15, -0.1) is 0 Å². The first-order valence-corrected chi connectivity index (χ1v) is 40.1. The minimum atomic E-state index is -0.845. The predicted molar refractivity (Wildman–Crippen MR) is 393 cm³/mol. The van der Waals surface area contributed by atoms with Crippen molar-refractivity contribution in [2.45, 2.75) is 443 Å². The number of amides is 1. The maximum absolute atomic E-state index is 12.5. The number of hydrogen-bond acceptors (Lipinski definition) is 5. The van der Waals surface area contributed by atoms with Crippen LogP contribution in [0.15, 0.2) is 60.8 Å². The van der Waals surface area contributed by atoms with Crippen molar-refractivity contribution in [2.75, 3.05) is 13.2 Å². The van der Waals surface area contributed by atoms with Crippen LogP contribution >= 0.6 is 0 Å². The fourth-order valence-corrected chi connectivity index (χ4v) is 12.4. The van der Waals surface area contributed by atoms with Crippen molar-refractivity contribution in [3.05, 3.63) is 60.8 Å². The molecule has 0 aliphatic heterocycles. The van der Waals surface area contributed by atoms with Crippen molar-refractivity contribution >= 4 is 11.9 Å². The van der Waals surface area contributed by atoms with Gasteiger partial charge in [0.25, 0.3) is 0 Å². The molecule has 0 aromatic rings. The monoisotopic (exact) mass is 1250 g/mol. The van der Waals surface area contributed by atoms with E-state index >= 15 is 0 Å². The molecule has 6 heteroatoms. The van der Waals surface area contributed by atoms with Gasteiger partial charge in [0.2, 0.25) is 5.91 Å². The number of ether oxygens (including phenoxy) is 1. The second-order valence-corrected chi connectivity index (χ2v) is 27.4. The maximum Gasteiger partial charge on any atom is 0.305 e. The van der Waals surface area contributed by atoms with E-state index in [1.165, 1.54) is 347 Å². The highest BCUT2D eigenvalue weighted by Gasteiger charge is 2.18. The smallest absolute Gasteiger partial charge is 0.305 e. The zero-order valence-corrected chi connectivity index (χ0v) is 59.9. The lowest BCUT2D eigenvalue weighted by atomic mass is 10.0. The van der Waals surface area contributed by atoms with Gasteiger partial charge in [-0.3, -0.25) is 9.59 Å². The number of nitrogens with one attached hydrogen (secondary N) is 1. The van der Waals surface area contributed by atoms with Gasteiger partial charge < -0.3 is 20.3 Å². The molecular formula is C83H155NO5. The zero-order valence-electron chi connectivity index (χ0n) is 59.9. The molecule has 0 fully saturated rings. The Labute approximate surface area is 556 Å². The summed E-state index contributed by atoms with van der Waals surface area (Å²) >= 11 is 0. The lowest BCUT2D eigenvalue weighted by Gasteiger charge is -2.20. The van der Waals surface area contributed by atoms with Gasteiger partial charge in [-0.1, -0.05) is 383 Å². The number of aliphatic hydroxyl groups excluding tert-OH is 2. The van der Waals surface area contributed by atoms with Crippen LogP contribution in [-0.4, -0.2) is 47.4 Å². The normalized spacial score (nSPS) is 12.8. The molecule has 0 aliphatic rings. The molecule has 1 amide bonds. The summed E-state index contributed by atoms with van der Waals surface area (Å²) in [6.45, 7) is 4.92. The van der Waals surface area contributed by atoms with Gasteiger partial charge in [0, 0.05) is 12.8 Å². The molecule has 0 saturated heterocycles. The Morgan fingerprint density at radius 2 is 0.562 bits per heavy atom. The lowest BCUT2D eigenvalue weighted by molar-refractivity contribution is -0.143. The fraction of sp³-hybridized carbons (Fsp3) is 0.855. The second kappa shape index (κ2) is 78.0. The molecular weight excluding hydrogens is 1090 g/mol. The van der Waals surface area contributed by atoms with Crippen molar-refractivity contribution in [2.24, 2.45) is 0 Å². The summed E-state index contributed by atoms with van der Waals surface area (Å²) in [5.41, 5.74) is 0. The predicted octanol–water partition coefficient (Wildman–Crippen LogP) is 26.5. The minimum absolute atomic E-state index is 0.00945. The summed E-state index contributed by atoms with van der Waals surface area (Å²) in [5.74, 6) is -0.0528. The van der Waals surface area contributed by atoms with E-state index in [4.69, 9.17) is 4.74 Å². The molecule has 0 heterocycles. The van der Waals surface area contributed by atoms with Gasteiger partial charge in [-0.05, 0) is 96.3 Å². The average molecular weight is 1250 g/mol. The lowest BCUT2D eigenvalue weighted by Crippen LogP contribution is -2.45. The van der Waals surface area contributed by atoms with Crippen LogP contribution in [0, 0.1) is 0 Å². The minimum Gasteiger partial charge on any atom is -0.466 e. The highest BCUT2D eigenvalue weighted by atomic mass is 16.5. The quantitative estimate of drug-likeness (QED) is 0.0320. The van der Waals surface area contributed by atoms with Crippen molar-refractivity contribution in [1.82, 2.24) is 5.32 Å². The molecule has 0 aromatic heterocycles. The first-order chi connectivity index (χ1) is 44.0. The number of rotatable bonds is 75. The van der Waals surface area contributed by atoms with Crippen molar-refractivity contribution in [3.63, 3.8) is 0 Å². The van der Waals surface area contributed by atoms with Gasteiger partial charge in [-0.25, -0.2) is 0 Å². The molecule has 0 rings (SSSR count). The molecule has 0 bridgehead atoms. The molecule has 0 radical (unpaired) electrons. The van der Waals surface area contributed by atoms with Crippen molar-refractivity contribution < 1.29 is 24.5 Å². The summed E-state index contributed by atoms with van der Waals surface area (Å²) in [4.78, 5) is 24.6. The van der Waals surface area contributed by atoms with E-state index in [0.29, 0.717) is 19.4 Å². The highest BCUT2D eigenvalue weighted by molar-refractivity contribution is 5.76. The van der Waals surface area contributed by atoms with E-state index in [1.54, 1.807) is 6.08 Å². The molecule has 2 atom stereocenters. The van der Waals surface area contributed by atoms with Gasteiger partial charge in [0.05, 0.1) is 25.4 Å². The summed E-state index contributed by atoms with van der Waals surface area (Å²) < 4.78 is 5.51. The van der Waals surface area contributed by atoms with Crippen LogP contribution < -0.4 is 5.32 Å². The third kappa shape index (κ3) is 74.5. The molecule has 0 aliphatic carbocycles. The van der Waals surface area contributed by atoms with E-state index in [2.05, 4.69) is 67.8 Å². The molecule has 0 aromatic carbocycles. The summed E-state index contributed by atoms with van der Waals surface area (Å²) in [5, 5.41) is 23.3. The van der Waals surface area contributed by atoms with Crippen molar-refractivity contribution in [3.8, 4) is 0 Å². The van der Waals surface area contributed by atoms with Crippen LogP contribution in [0.3, 0.4) is 0 Å². The summed E-state index contributed by atoms with van der Waals surface area (Å²) in [6.07, 6.45) is 105. The zero-order chi connectivity index (χ0) is 64.2. The number of unbranched alkanes of at least 4 members (excludes halogenated alkanes) is 56. The molecule has 0 spiro atoms. The van der Waals surface area contributed by atoms with Crippen LogP contribution in [0.2, 0.25) is 0 Å². The van der Waals surface area contributed by atoms with Crippen LogP contribution in [0.4, 0.5) is 0 Å². The molecule has 2 unspecified atom stereocenters. The molecule has 3 N–H and O–H groups in total. The van der Waals surface area contributed by atoms with Crippen LogP contribution in [0.5, 0.6) is 0 Å². The summed E-state index contributed by atoms with van der Waals surface area (Å²) in [7, 11) is 0. The first kappa shape index (κ1) is 86.6. The number of hydrogen-bond donors (Lipinski definition) is 3. The topological polar surface area (TPSA) is 95.9 Å². The standard InChI is InChI=1S/C83H155NO5/c1-3-5-7-9-11-13-15-17-19-21-40-43-47-51-55-59-63-67-71-75-81(86)80(79-85)84-82(87)76-72-68-64-60-56-52-48-44-41-38-36-34-32-30-28-26-24-23-25-27-29-31-33-35-37-39-42-46-50-54-58-62-66-70-74-78-89-83(88)77-73-69-65-61-57-53-49-45-22-20-18-16-14-12-10-8-6-4-2/h14,16,20,22,25,27,31,33,71,75,80-81,85-86H,3-13,15,17-19,21,23-24,26,28-30,32,34-70,72-74,76-79H2,1-2H3,(H,84,87)/b16-14-,22-20-,27-25-,33-31-,75-71+. The third-order valence-corrected chi connectivity index (χ3v) is 18.5. The van der Waals surface area contributed by atoms with Gasteiger partial charge in [-0.2, -0.15) is 0 Å². The van der Waals surface area contributed by atoms with Crippen LogP contribution in [-0.2, 0) is 14.3 Å². The molecule has 0 saturated carbocycles. The van der Waals surface area contributed by atoms with Gasteiger partial charge >= 0.3 is 5.97 Å². The Kier molecular flexibility index (Phi) is 75.9. The van der Waals surface area contributed by atoms with Crippen molar-refractivity contribution in [1.29, 1.82) is 0 Å². The van der Waals surface area contributed by atoms with Gasteiger partial charge in [0.1, 0.15) is 0 Å². The van der Waals surface area contributed by atoms with Gasteiger partial charge in [0.15, 0.2) is 0 Å². The summed E-state index contributed by atoms with van der Waals surface area (Å²) in [6, 6.07) is -0.628. The van der Waals surface area contributed by atoms with E-state index in [-0.39, 0.29) is 18.5 Å². The Balaban J connectivity index is 3.39. The van der Waals surface area contributed by atoms with Crippen LogP contribution in [0.1, 0.15) is 431 Å². The highest BCUT2D eigenvalue weighted by Crippen LogP contribution is 2.19. The average Bonchev–Trinajstić information content (AvgIpc) is 3.58. The first-order valence-electron chi connectivity index (χ1n) is 40.1. The largest absolute Gasteiger partial charge is 0.466 e. The molecule has 6 nitrogen and oxygen atoms in total. The van der Waals surface area contributed by atoms with E-state index < -0.39 is 12.1 Å². The fourth-order valence-electron chi connectivity index (χ4n) is 12.4. The molecule has 89 heavy (non-hydrogen) atoms. The Morgan fingerprint density at radius 3 is 0.865 bits per heavy atom. The van der Waals surface area contributed by atoms with Crippen LogP contribution in [0.25, 0.3) is 0 Å². The Hall–Kier alpha value is -2.44. The maximum atomic E-state index is 12.5. The van der Waals surface area contributed by atoms with E-state index in [9.17, 15) is 19.8 Å².